The van der Waals surface area contributed by atoms with Crippen LogP contribution in [0.3, 0.4) is 0 Å². The Hall–Kier alpha value is 2.56. The Balaban J connectivity index is -0.000000285. The average molecular weight is 965 g/mol. The van der Waals surface area contributed by atoms with Gasteiger partial charge in [-0.05, 0) is 69.2 Å². The largest absolute Gasteiger partial charge is 1.00 e. The summed E-state index contributed by atoms with van der Waals surface area (Å²) in [6, 6.07) is 0. The molecule has 0 spiro atoms. The van der Waals surface area contributed by atoms with E-state index in [-0.39, 0.29) is 197 Å². The van der Waals surface area contributed by atoms with Gasteiger partial charge in [0.1, 0.15) is 11.2 Å². The van der Waals surface area contributed by atoms with Crippen LogP contribution in [0.2, 0.25) is 0 Å². The zero-order valence-electron chi connectivity index (χ0n) is 34.9. The molecule has 21 heteroatoms. The molecule has 12 aliphatic carbocycles. The van der Waals surface area contributed by atoms with Crippen LogP contribution in [0.25, 0.3) is 0 Å². The van der Waals surface area contributed by atoms with Crippen LogP contribution in [0.15, 0.2) is 0 Å². The van der Waals surface area contributed by atoms with E-state index >= 15 is 0 Å². The molecule has 12 saturated carbocycles. The minimum atomic E-state index is -0.399. The third kappa shape index (κ3) is 15.2. The van der Waals surface area contributed by atoms with Gasteiger partial charge < -0.3 is 58.0 Å². The third-order valence-electron chi connectivity index (χ3n) is 11.0. The van der Waals surface area contributed by atoms with Gasteiger partial charge in [0.25, 0.3) is 6.47 Å². The number of ether oxygens (including phenoxy) is 2. The molecule has 12 aliphatic rings. The number of carbonyl (C=O) groups is 5. The molecular weight excluding hydrogens is 908 g/mol. The Morgan fingerprint density at radius 3 is 1.24 bits per heavy atom. The number of aliphatic hydroxyl groups is 2. The normalized spacial score (nSPS) is 37.4. The van der Waals surface area contributed by atoms with Crippen molar-refractivity contribution in [1.29, 1.82) is 0 Å². The number of alkyl halides is 1. The summed E-state index contributed by atoms with van der Waals surface area (Å²) in [5.41, 5.74) is 5.72. The molecule has 12 fully saturated rings. The summed E-state index contributed by atoms with van der Waals surface area (Å²) in [6.45, 7) is 5.61. The number of rotatable bonds is 6. The first kappa shape index (κ1) is 60.9. The Labute approximate surface area is 446 Å². The predicted octanol–water partition coefficient (Wildman–Crippen LogP) is -8.16. The summed E-state index contributed by atoms with van der Waals surface area (Å²) in [7, 11) is 5.76. The van der Waals surface area contributed by atoms with Crippen LogP contribution in [0, 0.1) is 0 Å². The van der Waals surface area contributed by atoms with Crippen molar-refractivity contribution in [3.05, 3.63) is 0 Å². The number of nitrogens with one attached hydrogen (secondary N) is 2. The van der Waals surface area contributed by atoms with Crippen LogP contribution < -0.4 is 154 Å². The molecule has 1 amide bonds. The maximum absolute atomic E-state index is 11.0. The molecule has 54 heavy (non-hydrogen) atoms. The van der Waals surface area contributed by atoms with Crippen molar-refractivity contribution in [1.82, 2.24) is 15.5 Å². The van der Waals surface area contributed by atoms with Crippen LogP contribution in [-0.2, 0) is 38.3 Å². The monoisotopic (exact) mass is 964 g/mol. The summed E-state index contributed by atoms with van der Waals surface area (Å²) in [5, 5.41) is 33.2. The van der Waals surface area contributed by atoms with Gasteiger partial charge in [-0.2, -0.15) is 0 Å². The second kappa shape index (κ2) is 23.7. The Bertz CT molecular complexity index is 1230. The third-order valence-corrected chi connectivity index (χ3v) is 11.0. The van der Waals surface area contributed by atoms with Gasteiger partial charge in [-0.25, -0.2) is 0 Å². The quantitative estimate of drug-likeness (QED) is 0.0242. The second-order valence-corrected chi connectivity index (χ2v) is 16.0. The van der Waals surface area contributed by atoms with E-state index in [1.54, 1.807) is 11.8 Å². The Morgan fingerprint density at radius 1 is 0.778 bits per heavy atom. The van der Waals surface area contributed by atoms with Crippen molar-refractivity contribution in [2.45, 2.75) is 149 Å². The second-order valence-electron chi connectivity index (χ2n) is 15.5. The van der Waals surface area contributed by atoms with Crippen LogP contribution in [0.4, 0.5) is 0 Å². The van der Waals surface area contributed by atoms with E-state index in [0.717, 1.165) is 77.0 Å². The first-order chi connectivity index (χ1) is 22.9. The number of halogens is 2. The van der Waals surface area contributed by atoms with Crippen molar-refractivity contribution in [3.63, 3.8) is 0 Å². The van der Waals surface area contributed by atoms with Gasteiger partial charge in [0.05, 0.1) is 16.7 Å². The first-order valence-electron chi connectivity index (χ1n) is 16.5. The summed E-state index contributed by atoms with van der Waals surface area (Å²) in [5.74, 6) is -0.220. The van der Waals surface area contributed by atoms with Gasteiger partial charge in [0.15, 0.2) is 0 Å². The van der Waals surface area contributed by atoms with E-state index in [9.17, 15) is 29.4 Å². The molecule has 7 N–H and O–H groups in total. The average Bonchev–Trinajstić information content (AvgIpc) is 2.89. The van der Waals surface area contributed by atoms with Crippen LogP contribution >= 0.6 is 34.2 Å². The van der Waals surface area contributed by atoms with Crippen molar-refractivity contribution in [2.75, 3.05) is 26.1 Å². The number of hydrogen-bond acceptors (Lipinski definition) is 15. The molecule has 0 aromatic heterocycles. The van der Waals surface area contributed by atoms with Crippen molar-refractivity contribution >= 4 is 63.8 Å². The minimum Gasteiger partial charge on any atom is -1.00 e. The van der Waals surface area contributed by atoms with Gasteiger partial charge in [0, 0.05) is 89.9 Å². The standard InChI is InChI=1S/2C8H13NO2.C7H11NO2.C6H11NO.C2H3ClO.CH3I.CH2O3.2K.Na.H2O.H/c1-6(10)11-8-3-7(4-8,5-8)9-2;1-6(10)9(2)7-3-8(11,4-7)5-7;1-5(9)10-7-2-6(8,3-7)4-7;1-7-5-2-6(8,3-5)4-5;1-2(3)4;1-2;2-1-4-3;;;;;/h9H,3-5H2,1-2H3;11H,3-5H2,1-2H3;2-4,8H2,1H3;7-8H,2-4H2,1H3;1H3;1H3;1,3H;;;;1H2;/q;;;;;;;3*+1;;-1/p-2. The number of esters is 2. The van der Waals surface area contributed by atoms with Crippen molar-refractivity contribution in [2.24, 2.45) is 5.73 Å². The molecule has 0 radical (unpaired) electrons. The number of amides is 1. The molecule has 0 heterocycles. The Kier molecular flexibility index (Phi) is 26.7. The van der Waals surface area contributed by atoms with E-state index in [1.165, 1.54) is 20.8 Å². The summed E-state index contributed by atoms with van der Waals surface area (Å²) in [4.78, 5) is 56.3. The molecule has 8 bridgehead atoms. The van der Waals surface area contributed by atoms with E-state index in [0.29, 0.717) is 11.1 Å². The van der Waals surface area contributed by atoms with E-state index < -0.39 is 5.60 Å². The van der Waals surface area contributed by atoms with Gasteiger partial charge in [-0.3, -0.25) is 24.0 Å². The molecule has 0 aliphatic heterocycles. The summed E-state index contributed by atoms with van der Waals surface area (Å²) < 4.78 is 10.3. The molecular formula is C33H57ClIK2N4NaO12. The fraction of sp³-hybridized carbons (Fsp3) is 0.848. The molecule has 298 valence electrons. The Morgan fingerprint density at radius 2 is 1.06 bits per heavy atom. The predicted molar refractivity (Wildman–Crippen MR) is 193 cm³/mol. The van der Waals surface area contributed by atoms with E-state index in [4.69, 9.17) is 25.3 Å². The van der Waals surface area contributed by atoms with Crippen LogP contribution in [-0.4, -0.2) is 121 Å². The maximum Gasteiger partial charge on any atom is 1.00 e. The molecule has 0 atom stereocenters. The van der Waals surface area contributed by atoms with Crippen molar-refractivity contribution in [3.8, 4) is 0 Å². The molecule has 0 aromatic rings. The molecule has 0 saturated heterocycles. The summed E-state index contributed by atoms with van der Waals surface area (Å²) in [6.07, 6.45) is 11.0. The molecule has 16 nitrogen and oxygen atoms in total. The maximum atomic E-state index is 11.0. The van der Waals surface area contributed by atoms with E-state index in [1.807, 2.05) is 26.1 Å². The van der Waals surface area contributed by atoms with Crippen molar-refractivity contribution < 1.29 is 193 Å². The number of hydrogen-bond donors (Lipinski definition) is 5. The zero-order chi connectivity index (χ0) is 38.6. The van der Waals surface area contributed by atoms with Gasteiger partial charge in [-0.1, -0.05) is 22.6 Å². The van der Waals surface area contributed by atoms with Gasteiger partial charge in [-0.15, -0.1) is 0 Å². The number of carbonyl (C=O) groups excluding carboxylic acids is 5. The van der Waals surface area contributed by atoms with Crippen LogP contribution in [0.1, 0.15) is 106 Å². The number of nitrogens with zero attached hydrogens (tertiary/aromatic N) is 1. The topological polar surface area (TPSA) is 260 Å². The first-order valence-corrected chi connectivity index (χ1v) is 19.0. The molecule has 0 aromatic carbocycles. The minimum absolute atomic E-state index is 0. The zero-order valence-corrected chi connectivity index (χ0v) is 45.0. The van der Waals surface area contributed by atoms with Gasteiger partial charge in [0.2, 0.25) is 11.1 Å². The molecule has 12 rings (SSSR count). The summed E-state index contributed by atoms with van der Waals surface area (Å²) >= 11 is 6.79. The van der Waals surface area contributed by atoms with Crippen LogP contribution in [0.5, 0.6) is 0 Å². The molecule has 0 unspecified atom stereocenters. The number of nitrogens with two attached hydrogens (primary N) is 1. The SMILES string of the molecule is CC(=O)Cl.CC(=O)N(C)C12CC(O)(C1)C2.CC(=O)OC12CC(N)(C1)C2.CI.CNC12CC(O)(C1)C2.CNC12CC(OC(C)=O)(C1)C2.O=CO[O-].[H-].[K+].[K+].[Na+].[OH-]. The smallest absolute Gasteiger partial charge is 1.00 e. The fourth-order valence-electron chi connectivity index (χ4n) is 8.93. The fourth-order valence-corrected chi connectivity index (χ4v) is 8.93. The van der Waals surface area contributed by atoms with E-state index in [2.05, 4.69) is 49.7 Å². The van der Waals surface area contributed by atoms with Gasteiger partial charge >= 0.3 is 144 Å².